The average Bonchev–Trinajstić information content (AvgIpc) is 3.26. The van der Waals surface area contributed by atoms with Crippen LogP contribution in [0.5, 0.6) is 0 Å². The molecule has 4 rings (SSSR count). The maximum atomic E-state index is 13.1. The molecule has 5 nitrogen and oxygen atoms in total. The van der Waals surface area contributed by atoms with Crippen molar-refractivity contribution in [2.75, 3.05) is 6.61 Å². The second-order valence-electron chi connectivity index (χ2n) is 8.16. The minimum absolute atomic E-state index is 0.237. The summed E-state index contributed by atoms with van der Waals surface area (Å²) in [6.07, 6.45) is -0.909. The van der Waals surface area contributed by atoms with E-state index >= 15 is 0 Å². The van der Waals surface area contributed by atoms with Gasteiger partial charge in [0.25, 0.3) is 0 Å². The maximum Gasteiger partial charge on any atom is 0.416 e. The number of aromatic nitrogens is 3. The smallest absolute Gasteiger partial charge is 0.416 e. The lowest BCUT2D eigenvalue weighted by molar-refractivity contribution is -0.149. The van der Waals surface area contributed by atoms with Crippen molar-refractivity contribution in [3.8, 4) is 11.8 Å². The molecule has 4 aromatic rings. The van der Waals surface area contributed by atoms with Gasteiger partial charge < -0.3 is 4.74 Å². The van der Waals surface area contributed by atoms with Gasteiger partial charge in [0, 0.05) is 11.8 Å². The second-order valence-corrected chi connectivity index (χ2v) is 8.16. The van der Waals surface area contributed by atoms with Crippen molar-refractivity contribution < 1.29 is 22.7 Å². The quantitative estimate of drug-likeness (QED) is 0.293. The van der Waals surface area contributed by atoms with Crippen LogP contribution in [0.2, 0.25) is 0 Å². The number of nitrogens with zero attached hydrogens (tertiary/aromatic N) is 3. The first-order valence-electron chi connectivity index (χ1n) is 11.0. The number of ether oxygens (including phenoxy) is 1. The highest BCUT2D eigenvalue weighted by molar-refractivity contribution is 5.83. The maximum absolute atomic E-state index is 13.1. The Balaban J connectivity index is 1.73. The number of rotatable bonds is 5. The van der Waals surface area contributed by atoms with E-state index in [-0.39, 0.29) is 12.6 Å². The number of carbonyl (C=O) groups is 1. The van der Waals surface area contributed by atoms with Crippen molar-refractivity contribution in [1.29, 1.82) is 0 Å². The van der Waals surface area contributed by atoms with Crippen LogP contribution in [0.1, 0.15) is 41.8 Å². The summed E-state index contributed by atoms with van der Waals surface area (Å²) in [4.78, 5) is 17.5. The summed E-state index contributed by atoms with van der Waals surface area (Å²) < 4.78 is 45.4. The molecule has 1 atom stereocenters. The molecule has 0 spiro atoms. The second kappa shape index (κ2) is 9.63. The fourth-order valence-corrected chi connectivity index (χ4v) is 3.84. The van der Waals surface area contributed by atoms with Gasteiger partial charge in [0.15, 0.2) is 5.65 Å². The Hall–Kier alpha value is -4.12. The van der Waals surface area contributed by atoms with Gasteiger partial charge in [-0.15, -0.1) is 0 Å². The number of benzene rings is 2. The largest absolute Gasteiger partial charge is 0.465 e. The van der Waals surface area contributed by atoms with Gasteiger partial charge in [-0.25, -0.2) is 9.50 Å². The predicted octanol–water partition coefficient (Wildman–Crippen LogP) is 5.21. The third-order valence-corrected chi connectivity index (χ3v) is 5.65. The molecule has 35 heavy (non-hydrogen) atoms. The molecule has 0 aliphatic carbocycles. The number of halogens is 3. The normalized spacial score (nSPS) is 13.1. The Labute approximate surface area is 200 Å². The van der Waals surface area contributed by atoms with Gasteiger partial charge in [-0.05, 0) is 56.2 Å². The molecule has 0 bridgehead atoms. The number of esters is 1. The monoisotopic (exact) mass is 477 g/mol. The zero-order valence-electron chi connectivity index (χ0n) is 19.1. The van der Waals surface area contributed by atoms with Crippen molar-refractivity contribution in [2.24, 2.45) is 0 Å². The Bertz CT molecular complexity index is 1400. The van der Waals surface area contributed by atoms with E-state index < -0.39 is 17.2 Å². The number of alkyl halides is 3. The van der Waals surface area contributed by atoms with Gasteiger partial charge in [0.05, 0.1) is 29.6 Å². The van der Waals surface area contributed by atoms with Crippen LogP contribution in [0.3, 0.4) is 0 Å². The van der Waals surface area contributed by atoms with E-state index in [0.29, 0.717) is 28.9 Å². The average molecular weight is 477 g/mol. The summed E-state index contributed by atoms with van der Waals surface area (Å²) in [7, 11) is 0. The van der Waals surface area contributed by atoms with Crippen molar-refractivity contribution >= 4 is 11.6 Å². The van der Waals surface area contributed by atoms with Gasteiger partial charge in [0.2, 0.25) is 0 Å². The van der Waals surface area contributed by atoms with E-state index in [1.165, 1.54) is 18.3 Å². The van der Waals surface area contributed by atoms with Gasteiger partial charge >= 0.3 is 12.1 Å². The highest BCUT2D eigenvalue weighted by Crippen LogP contribution is 2.31. The fraction of sp³-hybridized carbons (Fsp3) is 0.222. The molecular formula is C27H22F3N3O2. The number of fused-ring (bicyclic) bond motifs is 1. The summed E-state index contributed by atoms with van der Waals surface area (Å²) >= 11 is 0. The number of hydrogen-bond acceptors (Lipinski definition) is 4. The molecule has 0 aliphatic rings. The van der Waals surface area contributed by atoms with Crippen LogP contribution >= 0.6 is 0 Å². The van der Waals surface area contributed by atoms with Crippen molar-refractivity contribution in [1.82, 2.24) is 14.6 Å². The molecule has 2 aromatic heterocycles. The number of carbonyl (C=O) groups excluding carboxylic acids is 1. The molecule has 0 fully saturated rings. The molecule has 0 saturated carbocycles. The van der Waals surface area contributed by atoms with E-state index in [1.807, 2.05) is 37.3 Å². The summed E-state index contributed by atoms with van der Waals surface area (Å²) in [6, 6.07) is 16.0. The van der Waals surface area contributed by atoms with E-state index in [1.54, 1.807) is 23.7 Å². The van der Waals surface area contributed by atoms with Gasteiger partial charge in [-0.2, -0.15) is 18.3 Å². The zero-order valence-corrected chi connectivity index (χ0v) is 19.1. The van der Waals surface area contributed by atoms with E-state index in [9.17, 15) is 18.0 Å². The van der Waals surface area contributed by atoms with Crippen molar-refractivity contribution in [3.63, 3.8) is 0 Å². The molecule has 178 valence electrons. The third kappa shape index (κ3) is 5.04. The predicted molar refractivity (Wildman–Crippen MR) is 125 cm³/mol. The van der Waals surface area contributed by atoms with Crippen molar-refractivity contribution in [3.05, 3.63) is 101 Å². The summed E-state index contributed by atoms with van der Waals surface area (Å²) in [6.45, 7) is 3.80. The van der Waals surface area contributed by atoms with Crippen LogP contribution < -0.4 is 0 Å². The SMILES string of the molecule is CCOC(=O)C(C)(Cc1ccccc1)c1ccnc2c(C#Cc3ccc(C(F)(F)F)cc3)cnn12. The highest BCUT2D eigenvalue weighted by Gasteiger charge is 2.39. The molecule has 0 N–H and O–H groups in total. The third-order valence-electron chi connectivity index (χ3n) is 5.65. The standard InChI is InChI=1S/C27H22F3N3O2/c1-3-35-25(34)26(2,17-20-7-5-4-6-8-20)23-15-16-31-24-21(18-32-33(23)24)12-9-19-10-13-22(14-11-19)27(28,29)30/h4-8,10-11,13-16,18H,3,17H2,1-2H3. The molecule has 1 unspecified atom stereocenters. The van der Waals surface area contributed by atoms with Crippen molar-refractivity contribution in [2.45, 2.75) is 31.9 Å². The lowest BCUT2D eigenvalue weighted by Crippen LogP contribution is -2.38. The van der Waals surface area contributed by atoms with E-state index in [2.05, 4.69) is 21.9 Å². The fourth-order valence-electron chi connectivity index (χ4n) is 3.84. The summed E-state index contributed by atoms with van der Waals surface area (Å²) in [5.41, 5.74) is 1.11. The lowest BCUT2D eigenvalue weighted by Gasteiger charge is -2.28. The molecule has 0 amide bonds. The Morgan fingerprint density at radius 1 is 1.03 bits per heavy atom. The lowest BCUT2D eigenvalue weighted by atomic mass is 9.80. The molecule has 2 aromatic carbocycles. The van der Waals surface area contributed by atoms with Crippen LogP contribution in [0.25, 0.3) is 5.65 Å². The minimum Gasteiger partial charge on any atom is -0.465 e. The summed E-state index contributed by atoms with van der Waals surface area (Å²) in [5.74, 6) is 5.40. The molecule has 0 aliphatic heterocycles. The van der Waals surface area contributed by atoms with Gasteiger partial charge in [0.1, 0.15) is 5.41 Å². The van der Waals surface area contributed by atoms with Crippen LogP contribution in [0.15, 0.2) is 73.1 Å². The topological polar surface area (TPSA) is 56.5 Å². The highest BCUT2D eigenvalue weighted by atomic mass is 19.4. The van der Waals surface area contributed by atoms with Gasteiger partial charge in [-0.3, -0.25) is 4.79 Å². The van der Waals surface area contributed by atoms with Crippen LogP contribution in [0.4, 0.5) is 13.2 Å². The first-order valence-corrected chi connectivity index (χ1v) is 11.0. The number of hydrogen-bond donors (Lipinski definition) is 0. The minimum atomic E-state index is -4.40. The van der Waals surface area contributed by atoms with Crippen LogP contribution in [-0.4, -0.2) is 27.2 Å². The summed E-state index contributed by atoms with van der Waals surface area (Å²) in [5, 5.41) is 4.42. The molecule has 2 heterocycles. The Kier molecular flexibility index (Phi) is 6.61. The molecule has 0 saturated heterocycles. The molecule has 8 heteroatoms. The Morgan fingerprint density at radius 3 is 2.40 bits per heavy atom. The first kappa shape index (κ1) is 24.0. The van der Waals surface area contributed by atoms with Crippen LogP contribution in [-0.2, 0) is 27.5 Å². The van der Waals surface area contributed by atoms with Gasteiger partial charge in [-0.1, -0.05) is 42.2 Å². The molecular weight excluding hydrogens is 455 g/mol. The Morgan fingerprint density at radius 2 is 1.74 bits per heavy atom. The van der Waals surface area contributed by atoms with E-state index in [4.69, 9.17) is 4.74 Å². The van der Waals surface area contributed by atoms with E-state index in [0.717, 1.165) is 17.7 Å². The van der Waals surface area contributed by atoms with Crippen LogP contribution in [0, 0.1) is 11.8 Å². The molecule has 0 radical (unpaired) electrons. The first-order chi connectivity index (χ1) is 16.7. The zero-order chi connectivity index (χ0) is 25.1.